The van der Waals surface area contributed by atoms with Crippen LogP contribution in [0, 0.1) is 0 Å². The number of amides is 2. The number of nitrogens with zero attached hydrogens (tertiary/aromatic N) is 1. The Morgan fingerprint density at radius 3 is 2.42 bits per heavy atom. The maximum absolute atomic E-state index is 13.1. The van der Waals surface area contributed by atoms with Gasteiger partial charge in [0.25, 0.3) is 5.91 Å². The summed E-state index contributed by atoms with van der Waals surface area (Å²) >= 11 is 0. The van der Waals surface area contributed by atoms with Crippen LogP contribution in [0.1, 0.15) is 48.0 Å². The summed E-state index contributed by atoms with van der Waals surface area (Å²) in [5, 5.41) is 2.84. The average molecular weight is 423 g/mol. The van der Waals surface area contributed by atoms with Crippen molar-refractivity contribution in [2.24, 2.45) is 0 Å². The van der Waals surface area contributed by atoms with Crippen molar-refractivity contribution in [1.29, 1.82) is 0 Å². The molecule has 0 unspecified atom stereocenters. The molecule has 164 valence electrons. The number of benzene rings is 2. The molecule has 0 bridgehead atoms. The Labute approximate surface area is 183 Å². The van der Waals surface area contributed by atoms with Gasteiger partial charge in [-0.1, -0.05) is 37.5 Å². The van der Waals surface area contributed by atoms with Gasteiger partial charge in [0.15, 0.2) is 11.5 Å². The molecule has 0 heterocycles. The highest BCUT2D eigenvalue weighted by molar-refractivity contribution is 6.07. The molecule has 1 aliphatic carbocycles. The zero-order valence-corrected chi connectivity index (χ0v) is 18.4. The molecular formula is C25H30N2O4. The second-order valence-corrected chi connectivity index (χ2v) is 7.69. The van der Waals surface area contributed by atoms with Gasteiger partial charge in [-0.05, 0) is 48.7 Å². The molecule has 0 aliphatic heterocycles. The molecule has 2 aromatic carbocycles. The molecule has 2 aromatic rings. The predicted molar refractivity (Wildman–Crippen MR) is 123 cm³/mol. The monoisotopic (exact) mass is 422 g/mol. The summed E-state index contributed by atoms with van der Waals surface area (Å²) in [6.07, 6.45) is 8.74. The van der Waals surface area contributed by atoms with E-state index in [9.17, 15) is 9.59 Å². The van der Waals surface area contributed by atoms with Gasteiger partial charge in [0.2, 0.25) is 5.91 Å². The number of rotatable bonds is 7. The summed E-state index contributed by atoms with van der Waals surface area (Å²) in [7, 11) is 5.00. The Morgan fingerprint density at radius 2 is 1.71 bits per heavy atom. The number of hydrogen-bond acceptors (Lipinski definition) is 4. The number of para-hydroxylation sites is 1. The van der Waals surface area contributed by atoms with Gasteiger partial charge in [-0.3, -0.25) is 9.59 Å². The van der Waals surface area contributed by atoms with Crippen molar-refractivity contribution in [2.45, 2.75) is 38.1 Å². The number of nitrogens with one attached hydrogen (secondary N) is 1. The van der Waals surface area contributed by atoms with Gasteiger partial charge in [-0.15, -0.1) is 0 Å². The molecular weight excluding hydrogens is 392 g/mol. The predicted octanol–water partition coefficient (Wildman–Crippen LogP) is 4.76. The maximum atomic E-state index is 13.1. The minimum Gasteiger partial charge on any atom is -0.493 e. The highest BCUT2D eigenvalue weighted by atomic mass is 16.5. The zero-order valence-electron chi connectivity index (χ0n) is 18.4. The van der Waals surface area contributed by atoms with E-state index in [0.29, 0.717) is 22.7 Å². The molecule has 1 aliphatic rings. The molecule has 0 aromatic heterocycles. The second kappa shape index (κ2) is 10.7. The first-order chi connectivity index (χ1) is 15.0. The summed E-state index contributed by atoms with van der Waals surface area (Å²) in [6.45, 7) is 0. The molecule has 0 atom stereocenters. The quantitative estimate of drug-likeness (QED) is 0.653. The fraction of sp³-hybridized carbons (Fsp3) is 0.360. The number of methoxy groups -OCH3 is 2. The van der Waals surface area contributed by atoms with Crippen molar-refractivity contribution in [1.82, 2.24) is 4.90 Å². The number of anilines is 1. The zero-order chi connectivity index (χ0) is 22.2. The lowest BCUT2D eigenvalue weighted by Crippen LogP contribution is -2.38. The third kappa shape index (κ3) is 5.66. The number of hydrogen-bond donors (Lipinski definition) is 1. The summed E-state index contributed by atoms with van der Waals surface area (Å²) in [4.78, 5) is 27.4. The van der Waals surface area contributed by atoms with E-state index in [0.717, 1.165) is 31.2 Å². The average Bonchev–Trinajstić information content (AvgIpc) is 2.82. The van der Waals surface area contributed by atoms with Crippen LogP contribution in [0.3, 0.4) is 0 Å². The molecule has 0 spiro atoms. The van der Waals surface area contributed by atoms with Crippen molar-refractivity contribution in [2.75, 3.05) is 26.6 Å². The van der Waals surface area contributed by atoms with E-state index in [-0.39, 0.29) is 17.9 Å². The van der Waals surface area contributed by atoms with Crippen molar-refractivity contribution in [3.05, 3.63) is 59.7 Å². The largest absolute Gasteiger partial charge is 0.493 e. The van der Waals surface area contributed by atoms with Gasteiger partial charge in [0.05, 0.1) is 25.5 Å². The summed E-state index contributed by atoms with van der Waals surface area (Å²) < 4.78 is 10.5. The molecule has 0 radical (unpaired) electrons. The number of carbonyl (C=O) groups is 2. The minimum atomic E-state index is -0.310. The smallest absolute Gasteiger partial charge is 0.255 e. The van der Waals surface area contributed by atoms with Crippen molar-refractivity contribution in [3.63, 3.8) is 0 Å². The molecule has 2 amide bonds. The van der Waals surface area contributed by atoms with E-state index >= 15 is 0 Å². The Kier molecular flexibility index (Phi) is 7.70. The van der Waals surface area contributed by atoms with Gasteiger partial charge < -0.3 is 19.7 Å². The molecule has 1 N–H and O–H groups in total. The van der Waals surface area contributed by atoms with Crippen molar-refractivity contribution < 1.29 is 19.1 Å². The first-order valence-corrected chi connectivity index (χ1v) is 10.6. The minimum absolute atomic E-state index is 0.0633. The third-order valence-electron chi connectivity index (χ3n) is 5.69. The number of carbonyl (C=O) groups excluding carboxylic acids is 2. The molecule has 3 rings (SSSR count). The van der Waals surface area contributed by atoms with Gasteiger partial charge >= 0.3 is 0 Å². The van der Waals surface area contributed by atoms with E-state index in [1.807, 2.05) is 30.1 Å². The lowest BCUT2D eigenvalue weighted by atomic mass is 9.94. The maximum Gasteiger partial charge on any atom is 0.255 e. The van der Waals surface area contributed by atoms with E-state index in [2.05, 4.69) is 5.32 Å². The van der Waals surface area contributed by atoms with Gasteiger partial charge in [-0.25, -0.2) is 0 Å². The van der Waals surface area contributed by atoms with Crippen LogP contribution in [0.5, 0.6) is 11.5 Å². The summed E-state index contributed by atoms with van der Waals surface area (Å²) in [5.74, 6) is 0.840. The fourth-order valence-corrected chi connectivity index (χ4v) is 3.91. The number of ether oxygens (including phenoxy) is 2. The Hall–Kier alpha value is -3.28. The van der Waals surface area contributed by atoms with Crippen molar-refractivity contribution in [3.8, 4) is 11.5 Å². The first-order valence-electron chi connectivity index (χ1n) is 10.6. The topological polar surface area (TPSA) is 67.9 Å². The molecule has 0 saturated heterocycles. The Balaban J connectivity index is 1.70. The van der Waals surface area contributed by atoms with Crippen molar-refractivity contribution >= 4 is 23.6 Å². The highest BCUT2D eigenvalue weighted by Crippen LogP contribution is 2.28. The molecule has 31 heavy (non-hydrogen) atoms. The van der Waals surface area contributed by atoms with Gasteiger partial charge in [0, 0.05) is 19.2 Å². The standard InChI is InChI=1S/C25H30N2O4/c1-27(19-9-5-4-6-10-19)25(29)20-11-7-8-12-21(20)26-24(28)16-14-18-13-15-22(30-2)23(17-18)31-3/h7-8,11-17,19H,4-6,9-10H2,1-3H3,(H,26,28)/b16-14+. The Bertz CT molecular complexity index is 948. The van der Waals surface area contributed by atoms with E-state index in [1.165, 1.54) is 12.5 Å². The Morgan fingerprint density at radius 1 is 1.00 bits per heavy atom. The van der Waals surface area contributed by atoms with Crippen LogP contribution in [0.25, 0.3) is 6.08 Å². The van der Waals surface area contributed by atoms with Crippen LogP contribution < -0.4 is 14.8 Å². The van der Waals surface area contributed by atoms with E-state index in [1.54, 1.807) is 44.6 Å². The summed E-state index contributed by atoms with van der Waals surface area (Å²) in [5.41, 5.74) is 1.81. The van der Waals surface area contributed by atoms with Crippen LogP contribution >= 0.6 is 0 Å². The van der Waals surface area contributed by atoms with Crippen LogP contribution in [-0.2, 0) is 4.79 Å². The lowest BCUT2D eigenvalue weighted by Gasteiger charge is -2.31. The second-order valence-electron chi connectivity index (χ2n) is 7.69. The first kappa shape index (κ1) is 22.4. The van der Waals surface area contributed by atoms with Gasteiger partial charge in [-0.2, -0.15) is 0 Å². The highest BCUT2D eigenvalue weighted by Gasteiger charge is 2.24. The van der Waals surface area contributed by atoms with Crippen LogP contribution in [0.15, 0.2) is 48.5 Å². The summed E-state index contributed by atoms with van der Waals surface area (Å²) in [6, 6.07) is 12.8. The van der Waals surface area contributed by atoms with Crippen LogP contribution in [-0.4, -0.2) is 44.0 Å². The SMILES string of the molecule is COc1ccc(/C=C/C(=O)Nc2ccccc2C(=O)N(C)C2CCCCC2)cc1OC. The van der Waals surface area contributed by atoms with E-state index < -0.39 is 0 Å². The van der Waals surface area contributed by atoms with Crippen LogP contribution in [0.4, 0.5) is 5.69 Å². The normalized spacial score (nSPS) is 14.3. The molecule has 1 fully saturated rings. The van der Waals surface area contributed by atoms with Gasteiger partial charge in [0.1, 0.15) is 0 Å². The van der Waals surface area contributed by atoms with E-state index in [4.69, 9.17) is 9.47 Å². The molecule has 6 nitrogen and oxygen atoms in total. The van der Waals surface area contributed by atoms with Crippen LogP contribution in [0.2, 0.25) is 0 Å². The molecule has 1 saturated carbocycles. The molecule has 6 heteroatoms. The lowest BCUT2D eigenvalue weighted by molar-refractivity contribution is -0.111. The fourth-order valence-electron chi connectivity index (χ4n) is 3.91. The third-order valence-corrected chi connectivity index (χ3v) is 5.69.